The average Bonchev–Trinajstić information content (AvgIpc) is 2.30. The fourth-order valence-electron chi connectivity index (χ4n) is 1.32. The van der Waals surface area contributed by atoms with Gasteiger partial charge in [0.1, 0.15) is 5.78 Å². The second kappa shape index (κ2) is 6.54. The van der Waals surface area contributed by atoms with Crippen LogP contribution in [-0.2, 0) is 14.4 Å². The van der Waals surface area contributed by atoms with Gasteiger partial charge >= 0.3 is 0 Å². The maximum atomic E-state index is 11.3. The number of ketones is 1. The summed E-state index contributed by atoms with van der Waals surface area (Å²) in [4.78, 5) is 33.2. The lowest BCUT2D eigenvalue weighted by atomic mass is 10.2. The molecule has 2 N–H and O–H groups in total. The van der Waals surface area contributed by atoms with Crippen LogP contribution in [0.3, 0.4) is 0 Å². The number of hydrogen-bond donors (Lipinski definition) is 2. The molecule has 5 heteroatoms. The van der Waals surface area contributed by atoms with Crippen molar-refractivity contribution in [3.63, 3.8) is 0 Å². The molecule has 0 aliphatic rings. The van der Waals surface area contributed by atoms with E-state index in [-0.39, 0.29) is 24.0 Å². The predicted octanol–water partition coefficient (Wildman–Crippen LogP) is 1.95. The summed E-state index contributed by atoms with van der Waals surface area (Å²) >= 11 is 0. The molecule has 18 heavy (non-hydrogen) atoms. The fourth-order valence-corrected chi connectivity index (χ4v) is 1.32. The molecule has 2 amide bonds. The molecule has 0 unspecified atom stereocenters. The Kier molecular flexibility index (Phi) is 5.05. The van der Waals surface area contributed by atoms with Crippen molar-refractivity contribution in [2.24, 2.45) is 0 Å². The fraction of sp³-hybridized carbons (Fsp3) is 0.308. The number of benzene rings is 1. The zero-order valence-corrected chi connectivity index (χ0v) is 10.4. The lowest BCUT2D eigenvalue weighted by molar-refractivity contribution is -0.124. The predicted molar refractivity (Wildman–Crippen MR) is 69.3 cm³/mol. The molecule has 1 aromatic carbocycles. The van der Waals surface area contributed by atoms with Gasteiger partial charge in [0.25, 0.3) is 0 Å². The summed E-state index contributed by atoms with van der Waals surface area (Å²) in [6, 6.07) is 6.72. The van der Waals surface area contributed by atoms with Gasteiger partial charge in [-0.05, 0) is 31.2 Å². The minimum atomic E-state index is -0.340. The molecule has 0 aliphatic carbocycles. The SMILES string of the molecule is CCC(=O)Nc1ccc(NC(=O)CC(C)=O)cc1. The Balaban J connectivity index is 2.57. The second-order valence-corrected chi connectivity index (χ2v) is 3.91. The molecular weight excluding hydrogens is 232 g/mol. The van der Waals surface area contributed by atoms with E-state index in [2.05, 4.69) is 10.6 Å². The van der Waals surface area contributed by atoms with Crippen molar-refractivity contribution in [3.8, 4) is 0 Å². The third-order valence-electron chi connectivity index (χ3n) is 2.18. The van der Waals surface area contributed by atoms with Crippen molar-refractivity contribution in [1.29, 1.82) is 0 Å². The molecule has 0 atom stereocenters. The van der Waals surface area contributed by atoms with Crippen molar-refractivity contribution >= 4 is 29.0 Å². The van der Waals surface area contributed by atoms with Gasteiger partial charge in [0.15, 0.2) is 0 Å². The first-order valence-electron chi connectivity index (χ1n) is 5.70. The average molecular weight is 248 g/mol. The molecule has 0 radical (unpaired) electrons. The summed E-state index contributed by atoms with van der Waals surface area (Å²) in [5.41, 5.74) is 1.27. The molecule has 96 valence electrons. The summed E-state index contributed by atoms with van der Waals surface area (Å²) < 4.78 is 0. The maximum absolute atomic E-state index is 11.3. The molecule has 0 heterocycles. The highest BCUT2D eigenvalue weighted by atomic mass is 16.2. The zero-order chi connectivity index (χ0) is 13.5. The normalized spacial score (nSPS) is 9.67. The third kappa shape index (κ3) is 4.78. The minimum absolute atomic E-state index is 0.0663. The van der Waals surface area contributed by atoms with Crippen molar-refractivity contribution in [2.45, 2.75) is 26.7 Å². The highest BCUT2D eigenvalue weighted by molar-refractivity contribution is 6.03. The van der Waals surface area contributed by atoms with Crippen LogP contribution < -0.4 is 10.6 Å². The third-order valence-corrected chi connectivity index (χ3v) is 2.18. The molecular formula is C13H16N2O3. The van der Waals surface area contributed by atoms with Crippen LogP contribution in [0, 0.1) is 0 Å². The summed E-state index contributed by atoms with van der Waals surface area (Å²) in [6.45, 7) is 3.13. The van der Waals surface area contributed by atoms with Gasteiger partial charge in [0.05, 0.1) is 6.42 Å². The van der Waals surface area contributed by atoms with E-state index in [1.54, 1.807) is 31.2 Å². The quantitative estimate of drug-likeness (QED) is 0.782. The molecule has 0 fully saturated rings. The Labute approximate surface area is 106 Å². The summed E-state index contributed by atoms with van der Waals surface area (Å²) in [7, 11) is 0. The zero-order valence-electron chi connectivity index (χ0n) is 10.4. The molecule has 0 aliphatic heterocycles. The van der Waals surface area contributed by atoms with Crippen LogP contribution in [0.2, 0.25) is 0 Å². The molecule has 0 saturated heterocycles. The van der Waals surface area contributed by atoms with Gasteiger partial charge in [-0.2, -0.15) is 0 Å². The number of carbonyl (C=O) groups excluding carboxylic acids is 3. The van der Waals surface area contributed by atoms with Crippen LogP contribution in [0.1, 0.15) is 26.7 Å². The lowest BCUT2D eigenvalue weighted by Gasteiger charge is -2.06. The van der Waals surface area contributed by atoms with Gasteiger partial charge in [-0.25, -0.2) is 0 Å². The minimum Gasteiger partial charge on any atom is -0.326 e. The van der Waals surface area contributed by atoms with Crippen LogP contribution in [-0.4, -0.2) is 17.6 Å². The Hall–Kier alpha value is -2.17. The first kappa shape index (κ1) is 13.9. The van der Waals surface area contributed by atoms with Crippen LogP contribution in [0.5, 0.6) is 0 Å². The van der Waals surface area contributed by atoms with Crippen LogP contribution in [0.15, 0.2) is 24.3 Å². The number of hydrogen-bond acceptors (Lipinski definition) is 3. The standard InChI is InChI=1S/C13H16N2O3/c1-3-12(17)14-10-4-6-11(7-5-10)15-13(18)8-9(2)16/h4-7H,3,8H2,1-2H3,(H,14,17)(H,15,18). The van der Waals surface area contributed by atoms with E-state index in [0.717, 1.165) is 0 Å². The van der Waals surface area contributed by atoms with Crippen LogP contribution in [0.25, 0.3) is 0 Å². The van der Waals surface area contributed by atoms with Gasteiger partial charge in [-0.3, -0.25) is 14.4 Å². The number of Topliss-reactive ketones (excluding diaryl/α,β-unsaturated/α-hetero) is 1. The molecule has 1 rings (SSSR count). The first-order valence-corrected chi connectivity index (χ1v) is 5.70. The van der Waals surface area contributed by atoms with E-state index >= 15 is 0 Å². The van der Waals surface area contributed by atoms with Gasteiger partial charge < -0.3 is 10.6 Å². The molecule has 0 spiro atoms. The van der Waals surface area contributed by atoms with E-state index in [1.807, 2.05) is 0 Å². The second-order valence-electron chi connectivity index (χ2n) is 3.91. The first-order chi connectivity index (χ1) is 8.51. The summed E-state index contributed by atoms with van der Waals surface area (Å²) in [6.07, 6.45) is 0.283. The Bertz CT molecular complexity index is 452. The maximum Gasteiger partial charge on any atom is 0.231 e. The number of rotatable bonds is 5. The topological polar surface area (TPSA) is 75.3 Å². The van der Waals surface area contributed by atoms with Crippen LogP contribution >= 0.6 is 0 Å². The highest BCUT2D eigenvalue weighted by Crippen LogP contribution is 2.14. The van der Waals surface area contributed by atoms with Crippen molar-refractivity contribution in [1.82, 2.24) is 0 Å². The van der Waals surface area contributed by atoms with Gasteiger partial charge in [-0.15, -0.1) is 0 Å². The van der Waals surface area contributed by atoms with E-state index in [9.17, 15) is 14.4 Å². The van der Waals surface area contributed by atoms with Crippen molar-refractivity contribution < 1.29 is 14.4 Å². The molecule has 1 aromatic rings. The highest BCUT2D eigenvalue weighted by Gasteiger charge is 2.05. The monoisotopic (exact) mass is 248 g/mol. The van der Waals surface area contributed by atoms with E-state index < -0.39 is 0 Å². The van der Waals surface area contributed by atoms with Crippen molar-refractivity contribution in [2.75, 3.05) is 10.6 Å². The largest absolute Gasteiger partial charge is 0.326 e. The van der Waals surface area contributed by atoms with E-state index in [4.69, 9.17) is 0 Å². The molecule has 0 bridgehead atoms. The lowest BCUT2D eigenvalue weighted by Crippen LogP contribution is -2.14. The van der Waals surface area contributed by atoms with Gasteiger partial charge in [-0.1, -0.05) is 6.92 Å². The van der Waals surface area contributed by atoms with E-state index in [0.29, 0.717) is 17.8 Å². The smallest absolute Gasteiger partial charge is 0.231 e. The number of anilines is 2. The summed E-state index contributed by atoms with van der Waals surface area (Å²) in [5, 5.41) is 5.29. The number of nitrogens with one attached hydrogen (secondary N) is 2. The Morgan fingerprint density at radius 1 is 0.944 bits per heavy atom. The van der Waals surface area contributed by atoms with Gasteiger partial charge in [0, 0.05) is 17.8 Å². The summed E-state index contributed by atoms with van der Waals surface area (Å²) in [5.74, 6) is -0.587. The van der Waals surface area contributed by atoms with E-state index in [1.165, 1.54) is 6.92 Å². The Morgan fingerprint density at radius 3 is 1.78 bits per heavy atom. The molecule has 5 nitrogen and oxygen atoms in total. The number of carbonyl (C=O) groups is 3. The Morgan fingerprint density at radius 2 is 1.39 bits per heavy atom. The molecule has 0 aromatic heterocycles. The van der Waals surface area contributed by atoms with Crippen LogP contribution in [0.4, 0.5) is 11.4 Å². The molecule has 0 saturated carbocycles. The van der Waals surface area contributed by atoms with Crippen molar-refractivity contribution in [3.05, 3.63) is 24.3 Å². The van der Waals surface area contributed by atoms with Gasteiger partial charge in [0.2, 0.25) is 11.8 Å². The number of amides is 2.